The molecule has 2 amide bonds. The van der Waals surface area contributed by atoms with Crippen molar-refractivity contribution >= 4 is 23.2 Å². The van der Waals surface area contributed by atoms with Crippen molar-refractivity contribution in [2.75, 3.05) is 30.4 Å². The van der Waals surface area contributed by atoms with Crippen LogP contribution in [0.3, 0.4) is 0 Å². The molecule has 26 heavy (non-hydrogen) atoms. The van der Waals surface area contributed by atoms with E-state index in [0.717, 1.165) is 29.9 Å². The second-order valence-electron chi connectivity index (χ2n) is 6.74. The molecule has 0 aliphatic carbocycles. The van der Waals surface area contributed by atoms with Crippen LogP contribution in [0.2, 0.25) is 0 Å². The third-order valence-corrected chi connectivity index (χ3v) is 4.74. The number of carbonyl (C=O) groups excluding carboxylic acids is 2. The molecule has 2 aromatic rings. The highest BCUT2D eigenvalue weighted by Gasteiger charge is 2.23. The molecule has 0 unspecified atom stereocenters. The molecule has 0 saturated carbocycles. The van der Waals surface area contributed by atoms with E-state index in [0.29, 0.717) is 18.5 Å². The Labute approximate surface area is 154 Å². The van der Waals surface area contributed by atoms with Crippen LogP contribution in [-0.4, -0.2) is 32.5 Å². The highest BCUT2D eigenvalue weighted by Crippen LogP contribution is 2.29. The maximum atomic E-state index is 12.3. The van der Waals surface area contributed by atoms with E-state index in [1.54, 1.807) is 0 Å². The van der Waals surface area contributed by atoms with Gasteiger partial charge >= 0.3 is 0 Å². The minimum absolute atomic E-state index is 0.0846. The van der Waals surface area contributed by atoms with Crippen LogP contribution in [0.4, 0.5) is 11.4 Å². The summed E-state index contributed by atoms with van der Waals surface area (Å²) >= 11 is 0. The Hall–Kier alpha value is -2.82. The van der Waals surface area contributed by atoms with Gasteiger partial charge in [0.05, 0.1) is 0 Å². The van der Waals surface area contributed by atoms with E-state index >= 15 is 0 Å². The molecular weight excluding hydrogens is 326 g/mol. The maximum Gasteiger partial charge on any atom is 0.251 e. The molecule has 2 aromatic carbocycles. The molecule has 1 N–H and O–H groups in total. The van der Waals surface area contributed by atoms with Gasteiger partial charge in [-0.05, 0) is 47.9 Å². The summed E-state index contributed by atoms with van der Waals surface area (Å²) in [6.07, 6.45) is 1.39. The quantitative estimate of drug-likeness (QED) is 0.901. The van der Waals surface area contributed by atoms with Gasteiger partial charge in [0.1, 0.15) is 0 Å². The van der Waals surface area contributed by atoms with Gasteiger partial charge in [-0.25, -0.2) is 0 Å². The van der Waals surface area contributed by atoms with Gasteiger partial charge in [-0.3, -0.25) is 9.59 Å². The molecule has 5 heteroatoms. The van der Waals surface area contributed by atoms with Gasteiger partial charge in [0.15, 0.2) is 0 Å². The zero-order valence-corrected chi connectivity index (χ0v) is 15.6. The summed E-state index contributed by atoms with van der Waals surface area (Å²) in [5.74, 6) is 0.0737. The molecule has 0 aromatic heterocycles. The Morgan fingerprint density at radius 1 is 1.12 bits per heavy atom. The molecule has 0 fully saturated rings. The number of hydrogen-bond acceptors (Lipinski definition) is 3. The van der Waals surface area contributed by atoms with E-state index in [-0.39, 0.29) is 11.8 Å². The number of amides is 2. The number of carbonyl (C=O) groups is 2. The summed E-state index contributed by atoms with van der Waals surface area (Å²) in [5.41, 5.74) is 4.94. The topological polar surface area (TPSA) is 52.7 Å². The van der Waals surface area contributed by atoms with Crippen molar-refractivity contribution in [2.45, 2.75) is 26.3 Å². The molecule has 1 heterocycles. The van der Waals surface area contributed by atoms with E-state index in [4.69, 9.17) is 0 Å². The van der Waals surface area contributed by atoms with Crippen LogP contribution in [0.1, 0.15) is 34.8 Å². The van der Waals surface area contributed by atoms with Crippen LogP contribution < -0.4 is 15.1 Å². The largest absolute Gasteiger partial charge is 0.378 e. The van der Waals surface area contributed by atoms with Gasteiger partial charge in [-0.1, -0.05) is 19.1 Å². The van der Waals surface area contributed by atoms with Crippen molar-refractivity contribution < 1.29 is 9.59 Å². The lowest BCUT2D eigenvalue weighted by molar-refractivity contribution is -0.118. The highest BCUT2D eigenvalue weighted by molar-refractivity contribution is 5.95. The summed E-state index contributed by atoms with van der Waals surface area (Å²) in [6.45, 7) is 3.11. The second-order valence-corrected chi connectivity index (χ2v) is 6.74. The first kappa shape index (κ1) is 18.0. The fourth-order valence-corrected chi connectivity index (χ4v) is 3.21. The molecule has 0 atom stereocenters. The zero-order chi connectivity index (χ0) is 18.7. The zero-order valence-electron chi connectivity index (χ0n) is 15.6. The lowest BCUT2D eigenvalue weighted by Crippen LogP contribution is -2.27. The SMILES string of the molecule is CCC(=O)N1CCc2cc(CNC(=O)c3ccc(N(C)C)cc3)ccc21. The first-order chi connectivity index (χ1) is 12.5. The van der Waals surface area contributed by atoms with Crippen molar-refractivity contribution in [2.24, 2.45) is 0 Å². The van der Waals surface area contributed by atoms with Gasteiger partial charge in [0.25, 0.3) is 5.91 Å². The predicted molar refractivity (Wildman–Crippen MR) is 105 cm³/mol. The minimum atomic E-state index is -0.0846. The van der Waals surface area contributed by atoms with E-state index in [1.807, 2.05) is 67.2 Å². The van der Waals surface area contributed by atoms with E-state index in [9.17, 15) is 9.59 Å². The number of hydrogen-bond donors (Lipinski definition) is 1. The molecule has 0 bridgehead atoms. The standard InChI is InChI=1S/C21H25N3O2/c1-4-20(25)24-12-11-17-13-15(5-10-19(17)24)14-22-21(26)16-6-8-18(9-7-16)23(2)3/h5-10,13H,4,11-12,14H2,1-3H3,(H,22,26). The van der Waals surface area contributed by atoms with Crippen molar-refractivity contribution in [1.82, 2.24) is 5.32 Å². The molecule has 3 rings (SSSR count). The number of rotatable bonds is 5. The monoisotopic (exact) mass is 351 g/mol. The third-order valence-electron chi connectivity index (χ3n) is 4.74. The van der Waals surface area contributed by atoms with Crippen LogP contribution in [-0.2, 0) is 17.8 Å². The maximum absolute atomic E-state index is 12.3. The lowest BCUT2D eigenvalue weighted by Gasteiger charge is -2.16. The van der Waals surface area contributed by atoms with E-state index in [1.165, 1.54) is 5.56 Å². The molecule has 0 spiro atoms. The van der Waals surface area contributed by atoms with Gasteiger partial charge in [-0.2, -0.15) is 0 Å². The molecule has 136 valence electrons. The average Bonchev–Trinajstić information content (AvgIpc) is 3.08. The molecule has 1 aliphatic rings. The smallest absolute Gasteiger partial charge is 0.251 e. The number of nitrogens with one attached hydrogen (secondary N) is 1. The predicted octanol–water partition coefficient (Wildman–Crippen LogP) is 2.98. The summed E-state index contributed by atoms with van der Waals surface area (Å²) in [4.78, 5) is 28.2. The fourth-order valence-electron chi connectivity index (χ4n) is 3.21. The normalized spacial score (nSPS) is 12.7. The average molecular weight is 351 g/mol. The van der Waals surface area contributed by atoms with Crippen molar-refractivity contribution in [3.05, 3.63) is 59.2 Å². The Kier molecular flexibility index (Phi) is 5.26. The lowest BCUT2D eigenvalue weighted by atomic mass is 10.1. The number of benzene rings is 2. The third kappa shape index (κ3) is 3.72. The number of fused-ring (bicyclic) bond motifs is 1. The summed E-state index contributed by atoms with van der Waals surface area (Å²) in [7, 11) is 3.94. The van der Waals surface area contributed by atoms with Crippen LogP contribution in [0.5, 0.6) is 0 Å². The van der Waals surface area contributed by atoms with Gasteiger partial charge in [0, 0.05) is 50.5 Å². The fraction of sp³-hybridized carbons (Fsp3) is 0.333. The first-order valence-corrected chi connectivity index (χ1v) is 8.97. The van der Waals surface area contributed by atoms with Gasteiger partial charge in [0.2, 0.25) is 5.91 Å². The molecule has 0 radical (unpaired) electrons. The Morgan fingerprint density at radius 3 is 2.50 bits per heavy atom. The molecule has 5 nitrogen and oxygen atoms in total. The van der Waals surface area contributed by atoms with Crippen molar-refractivity contribution in [1.29, 1.82) is 0 Å². The number of nitrogens with zero attached hydrogens (tertiary/aromatic N) is 2. The summed E-state index contributed by atoms with van der Waals surface area (Å²) in [6, 6.07) is 13.6. The van der Waals surface area contributed by atoms with Crippen LogP contribution in [0.25, 0.3) is 0 Å². The van der Waals surface area contributed by atoms with E-state index < -0.39 is 0 Å². The van der Waals surface area contributed by atoms with Crippen LogP contribution in [0, 0.1) is 0 Å². The van der Waals surface area contributed by atoms with E-state index in [2.05, 4.69) is 11.4 Å². The van der Waals surface area contributed by atoms with Crippen LogP contribution >= 0.6 is 0 Å². The first-order valence-electron chi connectivity index (χ1n) is 8.97. The Balaban J connectivity index is 1.63. The molecular formula is C21H25N3O2. The summed E-state index contributed by atoms with van der Waals surface area (Å²) in [5, 5.41) is 2.97. The number of anilines is 2. The van der Waals surface area contributed by atoms with Crippen LogP contribution in [0.15, 0.2) is 42.5 Å². The Bertz CT molecular complexity index is 813. The van der Waals surface area contributed by atoms with Gasteiger partial charge < -0.3 is 15.1 Å². The second kappa shape index (κ2) is 7.60. The highest BCUT2D eigenvalue weighted by atomic mass is 16.2. The molecule has 1 aliphatic heterocycles. The minimum Gasteiger partial charge on any atom is -0.378 e. The Morgan fingerprint density at radius 2 is 1.85 bits per heavy atom. The van der Waals surface area contributed by atoms with Crippen molar-refractivity contribution in [3.8, 4) is 0 Å². The van der Waals surface area contributed by atoms with Gasteiger partial charge in [-0.15, -0.1) is 0 Å². The van der Waals surface area contributed by atoms with Crippen molar-refractivity contribution in [3.63, 3.8) is 0 Å². The summed E-state index contributed by atoms with van der Waals surface area (Å²) < 4.78 is 0. The molecule has 0 saturated heterocycles.